The summed E-state index contributed by atoms with van der Waals surface area (Å²) in [5.74, 6) is 2.51. The van der Waals surface area contributed by atoms with Crippen molar-refractivity contribution in [3.63, 3.8) is 0 Å². The van der Waals surface area contributed by atoms with E-state index in [1.54, 1.807) is 0 Å². The molecule has 0 saturated carbocycles. The van der Waals surface area contributed by atoms with Crippen LogP contribution in [0.15, 0.2) is 48.6 Å². The highest BCUT2D eigenvalue weighted by molar-refractivity contribution is 14.1. The van der Waals surface area contributed by atoms with Crippen molar-refractivity contribution < 1.29 is 0 Å². The average molecular weight is 384 g/mol. The van der Waals surface area contributed by atoms with Crippen molar-refractivity contribution in [2.24, 2.45) is 23.7 Å². The fraction of sp³-hybridized carbons (Fsp3) is 0.579. The Bertz CT molecular complexity index is 362. The SMILES string of the molecule is CC/C=C\C1C=CC(CC)C(/C=C/CI)C1/C=C/CC. The van der Waals surface area contributed by atoms with E-state index in [0.717, 1.165) is 17.3 Å². The molecule has 1 heteroatoms. The first-order valence-corrected chi connectivity index (χ1v) is 9.55. The maximum Gasteiger partial charge on any atom is 0.0176 e. The second-order valence-corrected chi connectivity index (χ2v) is 6.33. The molecule has 0 saturated heterocycles. The molecule has 0 aromatic rings. The van der Waals surface area contributed by atoms with Crippen LogP contribution < -0.4 is 0 Å². The van der Waals surface area contributed by atoms with Crippen LogP contribution in [0.4, 0.5) is 0 Å². The van der Waals surface area contributed by atoms with Gasteiger partial charge in [0.2, 0.25) is 0 Å². The highest BCUT2D eigenvalue weighted by Gasteiger charge is 2.30. The molecular formula is C19H29I. The van der Waals surface area contributed by atoms with Gasteiger partial charge in [0, 0.05) is 10.3 Å². The van der Waals surface area contributed by atoms with Crippen LogP contribution in [0.25, 0.3) is 0 Å². The third-order valence-electron chi connectivity index (χ3n) is 4.07. The van der Waals surface area contributed by atoms with Crippen LogP contribution in [-0.2, 0) is 0 Å². The zero-order chi connectivity index (χ0) is 14.8. The number of allylic oxidation sites excluding steroid dienone is 8. The van der Waals surface area contributed by atoms with Gasteiger partial charge in [0.1, 0.15) is 0 Å². The zero-order valence-corrected chi connectivity index (χ0v) is 15.3. The van der Waals surface area contributed by atoms with Gasteiger partial charge in [-0.2, -0.15) is 0 Å². The number of halogens is 1. The lowest BCUT2D eigenvalue weighted by atomic mass is 9.69. The summed E-state index contributed by atoms with van der Waals surface area (Å²) in [5, 5.41) is 0. The molecular weight excluding hydrogens is 355 g/mol. The second-order valence-electron chi connectivity index (χ2n) is 5.44. The Labute approximate surface area is 139 Å². The van der Waals surface area contributed by atoms with Crippen molar-refractivity contribution in [1.82, 2.24) is 0 Å². The van der Waals surface area contributed by atoms with Gasteiger partial charge in [-0.05, 0) is 37.0 Å². The van der Waals surface area contributed by atoms with Crippen LogP contribution in [0.2, 0.25) is 0 Å². The molecule has 112 valence electrons. The first-order valence-electron chi connectivity index (χ1n) is 8.02. The van der Waals surface area contributed by atoms with Crippen molar-refractivity contribution >= 4 is 22.6 Å². The highest BCUT2D eigenvalue weighted by atomic mass is 127. The smallest absolute Gasteiger partial charge is 0.0176 e. The molecule has 0 radical (unpaired) electrons. The van der Waals surface area contributed by atoms with Crippen molar-refractivity contribution in [3.05, 3.63) is 48.6 Å². The molecule has 0 N–H and O–H groups in total. The maximum absolute atomic E-state index is 2.46. The summed E-state index contributed by atoms with van der Waals surface area (Å²) in [7, 11) is 0. The van der Waals surface area contributed by atoms with Crippen molar-refractivity contribution in [2.75, 3.05) is 4.43 Å². The standard InChI is InChI=1S/C19H29I/c1-4-7-10-17-14-13-16(6-3)18(12-9-15-20)19(17)11-8-5-2/h7-14,16-19H,4-6,15H2,1-3H3/b10-7-,11-8+,12-9+. The molecule has 0 spiro atoms. The summed E-state index contributed by atoms with van der Waals surface area (Å²) >= 11 is 2.43. The summed E-state index contributed by atoms with van der Waals surface area (Å²) in [6.07, 6.45) is 22.7. The average Bonchev–Trinajstić information content (AvgIpc) is 2.48. The quantitative estimate of drug-likeness (QED) is 0.272. The molecule has 1 rings (SSSR count). The molecule has 0 amide bonds. The number of hydrogen-bond acceptors (Lipinski definition) is 0. The summed E-state index contributed by atoms with van der Waals surface area (Å²) in [4.78, 5) is 0. The van der Waals surface area contributed by atoms with E-state index in [1.807, 2.05) is 0 Å². The largest absolute Gasteiger partial charge is 0.0885 e. The number of alkyl halides is 1. The fourth-order valence-corrected chi connectivity index (χ4v) is 3.29. The first-order chi connectivity index (χ1) is 9.78. The van der Waals surface area contributed by atoms with E-state index in [-0.39, 0.29) is 0 Å². The molecule has 0 heterocycles. The van der Waals surface area contributed by atoms with Crippen LogP contribution in [0.1, 0.15) is 40.0 Å². The molecule has 0 nitrogen and oxygen atoms in total. The van der Waals surface area contributed by atoms with Crippen LogP contribution in [0.3, 0.4) is 0 Å². The summed E-state index contributed by atoms with van der Waals surface area (Å²) in [6.45, 7) is 6.74. The Morgan fingerprint density at radius 1 is 0.850 bits per heavy atom. The third kappa shape index (κ3) is 5.23. The van der Waals surface area contributed by atoms with E-state index in [9.17, 15) is 0 Å². The molecule has 1 aliphatic carbocycles. The summed E-state index contributed by atoms with van der Waals surface area (Å²) in [6, 6.07) is 0. The van der Waals surface area contributed by atoms with Crippen molar-refractivity contribution in [3.8, 4) is 0 Å². The van der Waals surface area contributed by atoms with E-state index in [1.165, 1.54) is 6.42 Å². The number of hydrogen-bond donors (Lipinski definition) is 0. The molecule has 20 heavy (non-hydrogen) atoms. The molecule has 1 aliphatic rings. The van der Waals surface area contributed by atoms with Crippen LogP contribution in [0.5, 0.6) is 0 Å². The predicted octanol–water partition coefficient (Wildman–Crippen LogP) is 6.35. The minimum Gasteiger partial charge on any atom is -0.0885 e. The fourth-order valence-electron chi connectivity index (χ4n) is 2.99. The van der Waals surface area contributed by atoms with Crippen molar-refractivity contribution in [2.45, 2.75) is 40.0 Å². The number of rotatable bonds is 7. The van der Waals surface area contributed by atoms with Gasteiger partial charge < -0.3 is 0 Å². The Morgan fingerprint density at radius 2 is 1.50 bits per heavy atom. The minimum absolute atomic E-state index is 0.560. The first kappa shape index (κ1) is 17.7. The Balaban J connectivity index is 3.04. The molecule has 0 aromatic heterocycles. The minimum atomic E-state index is 0.560. The summed E-state index contributed by atoms with van der Waals surface area (Å²) in [5.41, 5.74) is 0. The lowest BCUT2D eigenvalue weighted by Gasteiger charge is -2.35. The van der Waals surface area contributed by atoms with Crippen LogP contribution in [-0.4, -0.2) is 4.43 Å². The van der Waals surface area contributed by atoms with E-state index < -0.39 is 0 Å². The van der Waals surface area contributed by atoms with Crippen molar-refractivity contribution in [1.29, 1.82) is 0 Å². The Morgan fingerprint density at radius 3 is 2.10 bits per heavy atom. The molecule has 4 atom stereocenters. The van der Waals surface area contributed by atoms with E-state index in [0.29, 0.717) is 23.7 Å². The highest BCUT2D eigenvalue weighted by Crippen LogP contribution is 2.38. The second kappa shape index (κ2) is 10.4. The van der Waals surface area contributed by atoms with Gasteiger partial charge in [-0.1, -0.05) is 92.0 Å². The molecule has 0 aliphatic heterocycles. The zero-order valence-electron chi connectivity index (χ0n) is 13.1. The van der Waals surface area contributed by atoms with Gasteiger partial charge in [0.25, 0.3) is 0 Å². The van der Waals surface area contributed by atoms with Gasteiger partial charge >= 0.3 is 0 Å². The molecule has 4 unspecified atom stereocenters. The third-order valence-corrected chi connectivity index (χ3v) is 4.58. The van der Waals surface area contributed by atoms with Gasteiger partial charge in [-0.15, -0.1) is 0 Å². The van der Waals surface area contributed by atoms with Crippen LogP contribution in [0, 0.1) is 23.7 Å². The molecule has 0 aromatic carbocycles. The summed E-state index contributed by atoms with van der Waals surface area (Å²) < 4.78 is 1.11. The van der Waals surface area contributed by atoms with Gasteiger partial charge in [-0.25, -0.2) is 0 Å². The normalized spacial score (nSPS) is 31.0. The molecule has 0 fully saturated rings. The van der Waals surface area contributed by atoms with E-state index in [2.05, 4.69) is 92.0 Å². The predicted molar refractivity (Wildman–Crippen MR) is 100 cm³/mol. The molecule has 0 bridgehead atoms. The van der Waals surface area contributed by atoms with E-state index in [4.69, 9.17) is 0 Å². The lowest BCUT2D eigenvalue weighted by Crippen LogP contribution is -2.28. The van der Waals surface area contributed by atoms with Gasteiger partial charge in [-0.3, -0.25) is 0 Å². The lowest BCUT2D eigenvalue weighted by molar-refractivity contribution is 0.309. The van der Waals surface area contributed by atoms with E-state index >= 15 is 0 Å². The van der Waals surface area contributed by atoms with Gasteiger partial charge in [0.15, 0.2) is 0 Å². The Kier molecular flexibility index (Phi) is 9.24. The van der Waals surface area contributed by atoms with Crippen LogP contribution >= 0.6 is 22.6 Å². The topological polar surface area (TPSA) is 0 Å². The monoisotopic (exact) mass is 384 g/mol. The van der Waals surface area contributed by atoms with Gasteiger partial charge in [0.05, 0.1) is 0 Å². The Hall–Kier alpha value is -0.310. The maximum atomic E-state index is 2.46.